The number of carbonyl (C=O) groups excluding carboxylic acids is 3. The topological polar surface area (TPSA) is 147 Å². The van der Waals surface area contributed by atoms with Gasteiger partial charge in [-0.3, -0.25) is 19.7 Å². The number of hydrogen-bond donors (Lipinski definition) is 2. The summed E-state index contributed by atoms with van der Waals surface area (Å²) in [6, 6.07) is 12.7. The minimum atomic E-state index is -0.653. The number of anilines is 2. The van der Waals surface area contributed by atoms with Gasteiger partial charge >= 0.3 is 0 Å². The molecule has 264 valence electrons. The van der Waals surface area contributed by atoms with Crippen molar-refractivity contribution in [3.63, 3.8) is 0 Å². The third-order valence-electron chi connectivity index (χ3n) is 10.8. The Balaban J connectivity index is 0.855. The summed E-state index contributed by atoms with van der Waals surface area (Å²) < 4.78 is 5.78. The van der Waals surface area contributed by atoms with Crippen molar-refractivity contribution in [1.82, 2.24) is 25.2 Å². The maximum atomic E-state index is 12.1. The van der Waals surface area contributed by atoms with Crippen molar-refractivity contribution < 1.29 is 19.1 Å². The smallest absolute Gasteiger partial charge is 0.269 e. The molecule has 0 radical (unpaired) electrons. The second-order valence-corrected chi connectivity index (χ2v) is 14.3. The fourth-order valence-electron chi connectivity index (χ4n) is 7.86. The second-order valence-electron chi connectivity index (χ2n) is 14.3. The fraction of sp³-hybridized carbons (Fsp3) is 0.526. The summed E-state index contributed by atoms with van der Waals surface area (Å²) in [4.78, 5) is 56.6. The molecule has 6 heterocycles. The van der Waals surface area contributed by atoms with Crippen LogP contribution in [0.4, 0.5) is 11.6 Å². The fourth-order valence-corrected chi connectivity index (χ4v) is 7.86. The predicted molar refractivity (Wildman–Crippen MR) is 190 cm³/mol. The van der Waals surface area contributed by atoms with Gasteiger partial charge in [-0.1, -0.05) is 24.3 Å². The van der Waals surface area contributed by atoms with Crippen LogP contribution in [0.3, 0.4) is 0 Å². The largest absolute Gasteiger partial charge is 0.479 e. The molecular formula is C38H48N8O4. The Morgan fingerprint density at radius 2 is 1.56 bits per heavy atom. The quantitative estimate of drug-likeness (QED) is 0.303. The van der Waals surface area contributed by atoms with Crippen LogP contribution in [-0.2, 0) is 16.0 Å². The summed E-state index contributed by atoms with van der Waals surface area (Å²) in [7, 11) is 0. The van der Waals surface area contributed by atoms with Crippen molar-refractivity contribution in [3.05, 3.63) is 71.3 Å². The molecule has 7 rings (SSSR count). The molecule has 12 nitrogen and oxygen atoms in total. The minimum absolute atomic E-state index is 0.251. The van der Waals surface area contributed by atoms with E-state index < -0.39 is 12.0 Å². The third-order valence-corrected chi connectivity index (χ3v) is 10.8. The first-order valence-electron chi connectivity index (χ1n) is 18.3. The van der Waals surface area contributed by atoms with Gasteiger partial charge in [-0.05, 0) is 93.1 Å². The number of primary amides is 1. The summed E-state index contributed by atoms with van der Waals surface area (Å²) in [6.45, 7) is 7.26. The van der Waals surface area contributed by atoms with Gasteiger partial charge in [-0.15, -0.1) is 0 Å². The van der Waals surface area contributed by atoms with Crippen LogP contribution >= 0.6 is 0 Å². The maximum absolute atomic E-state index is 12.1. The number of ether oxygens (including phenoxy) is 1. The van der Waals surface area contributed by atoms with Gasteiger partial charge in [0, 0.05) is 52.0 Å². The molecular weight excluding hydrogens is 632 g/mol. The van der Waals surface area contributed by atoms with Crippen molar-refractivity contribution in [3.8, 4) is 5.75 Å². The molecule has 3 amide bonds. The molecule has 1 aromatic carbocycles. The summed E-state index contributed by atoms with van der Waals surface area (Å²) in [5.41, 5.74) is 9.07. The number of aromatic nitrogens is 3. The van der Waals surface area contributed by atoms with Crippen molar-refractivity contribution in [1.29, 1.82) is 0 Å². The number of pyridine rings is 1. The van der Waals surface area contributed by atoms with Gasteiger partial charge in [-0.25, -0.2) is 15.0 Å². The number of nitrogens with zero attached hydrogens (tertiary/aromatic N) is 6. The van der Waals surface area contributed by atoms with Crippen molar-refractivity contribution in [2.75, 3.05) is 55.6 Å². The average molecular weight is 681 g/mol. The van der Waals surface area contributed by atoms with Crippen molar-refractivity contribution in [2.45, 2.75) is 76.2 Å². The molecule has 4 aliphatic rings. The monoisotopic (exact) mass is 680 g/mol. The van der Waals surface area contributed by atoms with E-state index in [1.807, 2.05) is 12.1 Å². The van der Waals surface area contributed by atoms with Crippen LogP contribution < -0.4 is 25.6 Å². The molecule has 4 aliphatic heterocycles. The van der Waals surface area contributed by atoms with Gasteiger partial charge in [0.2, 0.25) is 5.91 Å². The van der Waals surface area contributed by atoms with Gasteiger partial charge in [-0.2, -0.15) is 0 Å². The Kier molecular flexibility index (Phi) is 10.5. The van der Waals surface area contributed by atoms with Crippen LogP contribution in [0.1, 0.15) is 91.0 Å². The number of nitrogens with two attached hydrogens (primary N) is 1. The number of hydrogen-bond acceptors (Lipinski definition) is 10. The number of amides is 3. The number of benzene rings is 1. The van der Waals surface area contributed by atoms with E-state index in [-0.39, 0.29) is 23.9 Å². The van der Waals surface area contributed by atoms with E-state index in [0.717, 1.165) is 102 Å². The molecule has 0 saturated carbocycles. The highest BCUT2D eigenvalue weighted by atomic mass is 16.5. The first-order chi connectivity index (χ1) is 24.4. The normalized spacial score (nSPS) is 21.2. The zero-order chi connectivity index (χ0) is 34.5. The SMILES string of the molecule is NC(=O)c1ncc(N2CCCCC2)nc1Cc1ccc(C2CCN(CC3CCN(c4ccc(OC5CCC(=O)NC5=O)cn4)CC3)CC2)cc1. The highest BCUT2D eigenvalue weighted by Gasteiger charge is 2.29. The first-order valence-corrected chi connectivity index (χ1v) is 18.3. The van der Waals surface area contributed by atoms with E-state index >= 15 is 0 Å². The lowest BCUT2D eigenvalue weighted by molar-refractivity contribution is -0.138. The molecule has 1 atom stereocenters. The molecule has 3 N–H and O–H groups in total. The van der Waals surface area contributed by atoms with Gasteiger partial charge in [0.25, 0.3) is 11.8 Å². The molecule has 1 unspecified atom stereocenters. The lowest BCUT2D eigenvalue weighted by Crippen LogP contribution is -2.46. The van der Waals surface area contributed by atoms with Crippen LogP contribution in [0.5, 0.6) is 5.75 Å². The van der Waals surface area contributed by atoms with Crippen LogP contribution in [0, 0.1) is 5.92 Å². The van der Waals surface area contributed by atoms with E-state index in [1.54, 1.807) is 12.4 Å². The first kappa shape index (κ1) is 33.9. The van der Waals surface area contributed by atoms with E-state index in [4.69, 9.17) is 15.5 Å². The number of likely N-dealkylation sites (tertiary alicyclic amines) is 1. The molecule has 12 heteroatoms. The van der Waals surface area contributed by atoms with Gasteiger partial charge in [0.15, 0.2) is 6.10 Å². The van der Waals surface area contributed by atoms with Gasteiger partial charge in [0.05, 0.1) is 18.1 Å². The third kappa shape index (κ3) is 8.23. The highest BCUT2D eigenvalue weighted by Crippen LogP contribution is 2.31. The van der Waals surface area contributed by atoms with Crippen LogP contribution in [0.25, 0.3) is 0 Å². The molecule has 0 spiro atoms. The number of rotatable bonds is 10. The molecule has 4 fully saturated rings. The number of nitrogens with one attached hydrogen (secondary N) is 1. The molecule has 0 bridgehead atoms. The zero-order valence-electron chi connectivity index (χ0n) is 28.8. The minimum Gasteiger partial charge on any atom is -0.479 e. The van der Waals surface area contributed by atoms with Gasteiger partial charge < -0.3 is 25.2 Å². The van der Waals surface area contributed by atoms with E-state index in [0.29, 0.717) is 36.1 Å². The molecule has 2 aromatic heterocycles. The lowest BCUT2D eigenvalue weighted by atomic mass is 9.87. The van der Waals surface area contributed by atoms with Crippen LogP contribution in [0.2, 0.25) is 0 Å². The average Bonchev–Trinajstić information content (AvgIpc) is 3.14. The zero-order valence-corrected chi connectivity index (χ0v) is 28.8. The summed E-state index contributed by atoms with van der Waals surface area (Å²) in [5, 5.41) is 2.33. The maximum Gasteiger partial charge on any atom is 0.269 e. The van der Waals surface area contributed by atoms with E-state index in [9.17, 15) is 14.4 Å². The Morgan fingerprint density at radius 3 is 2.24 bits per heavy atom. The Labute approximate surface area is 293 Å². The Bertz CT molecular complexity index is 1640. The molecule has 4 saturated heterocycles. The lowest BCUT2D eigenvalue weighted by Gasteiger charge is -2.38. The second kappa shape index (κ2) is 15.5. The van der Waals surface area contributed by atoms with Crippen LogP contribution in [-0.4, -0.2) is 89.5 Å². The highest BCUT2D eigenvalue weighted by molar-refractivity contribution is 5.99. The summed E-state index contributed by atoms with van der Waals surface area (Å²) in [6.07, 6.45) is 12.1. The Hall–Kier alpha value is -4.58. The standard InChI is InChI=1S/C38H48N8O4/c39-37(48)36-31(42-34(24-41-36)45-16-2-1-3-17-45)22-26-4-6-28(7-5-26)29-14-18-44(19-15-29)25-27-12-20-46(21-13-27)33-10-8-30(23-40-33)50-32-9-11-35(47)43-38(32)49/h4-8,10,23-24,27,29,32H,1-3,9,11-22,25H2,(H2,39,48)(H,43,47,49). The number of imide groups is 1. The number of piperidine rings is 4. The van der Waals surface area contributed by atoms with Crippen molar-refractivity contribution in [2.24, 2.45) is 11.7 Å². The molecule has 0 aliphatic carbocycles. The molecule has 50 heavy (non-hydrogen) atoms. The predicted octanol–water partition coefficient (Wildman–Crippen LogP) is 3.83. The van der Waals surface area contributed by atoms with Crippen LogP contribution in [0.15, 0.2) is 48.8 Å². The summed E-state index contributed by atoms with van der Waals surface area (Å²) in [5.74, 6) is 2.37. The van der Waals surface area contributed by atoms with E-state index in [1.165, 1.54) is 12.0 Å². The molecule has 3 aromatic rings. The van der Waals surface area contributed by atoms with Crippen molar-refractivity contribution >= 4 is 29.4 Å². The van der Waals surface area contributed by atoms with E-state index in [2.05, 4.69) is 54.2 Å². The van der Waals surface area contributed by atoms with Gasteiger partial charge in [0.1, 0.15) is 23.1 Å². The Morgan fingerprint density at radius 1 is 0.820 bits per heavy atom. The summed E-state index contributed by atoms with van der Waals surface area (Å²) >= 11 is 0. The number of carbonyl (C=O) groups is 3.